The van der Waals surface area contributed by atoms with E-state index in [-0.39, 0.29) is 17.0 Å². The molecule has 1 aliphatic heterocycles. The molecule has 1 aromatic carbocycles. The molecule has 3 rings (SSSR count). The average molecular weight is 334 g/mol. The van der Waals surface area contributed by atoms with Crippen LogP contribution in [-0.2, 0) is 10.0 Å². The lowest BCUT2D eigenvalue weighted by atomic mass is 10.0. The van der Waals surface area contributed by atoms with Crippen molar-refractivity contribution in [2.24, 2.45) is 5.73 Å². The van der Waals surface area contributed by atoms with Crippen molar-refractivity contribution in [2.75, 3.05) is 6.54 Å². The molecule has 124 valence electrons. The Morgan fingerprint density at radius 3 is 2.61 bits per heavy atom. The van der Waals surface area contributed by atoms with Crippen LogP contribution in [0.5, 0.6) is 0 Å². The second kappa shape index (κ2) is 6.07. The zero-order chi connectivity index (χ0) is 16.6. The van der Waals surface area contributed by atoms with Crippen LogP contribution in [0.1, 0.15) is 25.3 Å². The standard InChI is InChI=1S/C16H22N4O2S/c1-12-3-5-15(6-4-12)19-11-16(10-18-19)23(21,22)20-8-7-14(17)9-13(20)2/h3-6,10-11,13-14H,7-9,17H2,1-2H3/t13-,14+/m0/s1. The van der Waals surface area contributed by atoms with Gasteiger partial charge in [-0.15, -0.1) is 0 Å². The van der Waals surface area contributed by atoms with Gasteiger partial charge in [-0.05, 0) is 38.8 Å². The average Bonchev–Trinajstić information content (AvgIpc) is 2.98. The summed E-state index contributed by atoms with van der Waals surface area (Å²) in [6.45, 7) is 4.37. The number of sulfonamides is 1. The van der Waals surface area contributed by atoms with Crippen molar-refractivity contribution in [3.8, 4) is 5.69 Å². The van der Waals surface area contributed by atoms with E-state index in [1.54, 1.807) is 10.9 Å². The van der Waals surface area contributed by atoms with Crippen LogP contribution in [0, 0.1) is 6.92 Å². The van der Waals surface area contributed by atoms with E-state index in [1.807, 2.05) is 38.1 Å². The van der Waals surface area contributed by atoms with Gasteiger partial charge in [-0.3, -0.25) is 0 Å². The quantitative estimate of drug-likeness (QED) is 0.926. The SMILES string of the molecule is Cc1ccc(-n2cc(S(=O)(=O)N3CC[C@@H](N)C[C@@H]3C)cn2)cc1. The molecular weight excluding hydrogens is 312 g/mol. The van der Waals surface area contributed by atoms with Crippen molar-refractivity contribution in [2.45, 2.75) is 43.7 Å². The van der Waals surface area contributed by atoms with Gasteiger partial charge in [0.15, 0.2) is 0 Å². The molecule has 1 aromatic heterocycles. The van der Waals surface area contributed by atoms with Crippen LogP contribution < -0.4 is 5.73 Å². The van der Waals surface area contributed by atoms with Crippen molar-refractivity contribution in [1.82, 2.24) is 14.1 Å². The predicted octanol–water partition coefficient (Wildman–Crippen LogP) is 1.68. The van der Waals surface area contributed by atoms with Crippen LogP contribution in [0.3, 0.4) is 0 Å². The van der Waals surface area contributed by atoms with Gasteiger partial charge < -0.3 is 5.73 Å². The van der Waals surface area contributed by atoms with Crippen LogP contribution >= 0.6 is 0 Å². The van der Waals surface area contributed by atoms with Crippen LogP contribution in [0.25, 0.3) is 5.69 Å². The van der Waals surface area contributed by atoms with E-state index < -0.39 is 10.0 Å². The molecule has 6 nitrogen and oxygen atoms in total. The molecule has 23 heavy (non-hydrogen) atoms. The van der Waals surface area contributed by atoms with Crippen molar-refractivity contribution in [3.05, 3.63) is 42.2 Å². The van der Waals surface area contributed by atoms with Crippen LogP contribution in [0.15, 0.2) is 41.6 Å². The number of hydrogen-bond acceptors (Lipinski definition) is 4. The van der Waals surface area contributed by atoms with Gasteiger partial charge in [-0.2, -0.15) is 9.40 Å². The molecule has 2 N–H and O–H groups in total. The normalized spacial score (nSPS) is 23.1. The van der Waals surface area contributed by atoms with Gasteiger partial charge in [-0.25, -0.2) is 13.1 Å². The highest BCUT2D eigenvalue weighted by Gasteiger charge is 2.34. The molecule has 1 saturated heterocycles. The Hall–Kier alpha value is -1.70. The number of nitrogens with zero attached hydrogens (tertiary/aromatic N) is 3. The zero-order valence-electron chi connectivity index (χ0n) is 13.4. The number of nitrogens with two attached hydrogens (primary N) is 1. The minimum atomic E-state index is -3.54. The fourth-order valence-corrected chi connectivity index (χ4v) is 4.55. The summed E-state index contributed by atoms with van der Waals surface area (Å²) in [5, 5.41) is 4.20. The van der Waals surface area contributed by atoms with E-state index in [0.717, 1.165) is 11.3 Å². The Labute approximate surface area is 137 Å². The van der Waals surface area contributed by atoms with Gasteiger partial charge in [-0.1, -0.05) is 17.7 Å². The molecule has 0 saturated carbocycles. The van der Waals surface area contributed by atoms with Crippen molar-refractivity contribution >= 4 is 10.0 Å². The maximum absolute atomic E-state index is 12.8. The lowest BCUT2D eigenvalue weighted by Crippen LogP contribution is -2.48. The molecule has 2 atom stereocenters. The van der Waals surface area contributed by atoms with E-state index in [2.05, 4.69) is 5.10 Å². The van der Waals surface area contributed by atoms with E-state index in [9.17, 15) is 8.42 Å². The zero-order valence-corrected chi connectivity index (χ0v) is 14.2. The second-order valence-electron chi connectivity index (χ2n) is 6.21. The molecule has 0 spiro atoms. The lowest BCUT2D eigenvalue weighted by Gasteiger charge is -2.34. The summed E-state index contributed by atoms with van der Waals surface area (Å²) in [5.74, 6) is 0. The van der Waals surface area contributed by atoms with Crippen LogP contribution in [-0.4, -0.2) is 41.1 Å². The first-order valence-corrected chi connectivity index (χ1v) is 9.21. The maximum Gasteiger partial charge on any atom is 0.246 e. The highest BCUT2D eigenvalue weighted by Crippen LogP contribution is 2.25. The Morgan fingerprint density at radius 1 is 1.26 bits per heavy atom. The van der Waals surface area contributed by atoms with Gasteiger partial charge in [0.25, 0.3) is 0 Å². The molecule has 0 amide bonds. The number of piperidine rings is 1. The smallest absolute Gasteiger partial charge is 0.246 e. The highest BCUT2D eigenvalue weighted by molar-refractivity contribution is 7.89. The number of aryl methyl sites for hydroxylation is 1. The van der Waals surface area contributed by atoms with Gasteiger partial charge in [0.05, 0.1) is 18.1 Å². The van der Waals surface area contributed by atoms with Crippen molar-refractivity contribution in [1.29, 1.82) is 0 Å². The molecule has 0 bridgehead atoms. The summed E-state index contributed by atoms with van der Waals surface area (Å²) in [4.78, 5) is 0.223. The second-order valence-corrected chi connectivity index (χ2v) is 8.10. The third-order valence-corrected chi connectivity index (χ3v) is 6.29. The maximum atomic E-state index is 12.8. The minimum absolute atomic E-state index is 0.0757. The number of benzene rings is 1. The van der Waals surface area contributed by atoms with E-state index >= 15 is 0 Å². The molecule has 1 aliphatic rings. The van der Waals surface area contributed by atoms with Gasteiger partial charge in [0.2, 0.25) is 10.0 Å². The summed E-state index contributed by atoms with van der Waals surface area (Å²) in [5.41, 5.74) is 7.91. The molecule has 2 heterocycles. The van der Waals surface area contributed by atoms with Crippen LogP contribution in [0.2, 0.25) is 0 Å². The predicted molar refractivity (Wildman–Crippen MR) is 88.9 cm³/mol. The van der Waals surface area contributed by atoms with E-state index in [0.29, 0.717) is 19.4 Å². The molecule has 0 aliphatic carbocycles. The third kappa shape index (κ3) is 3.17. The number of hydrogen-bond donors (Lipinski definition) is 1. The summed E-state index contributed by atoms with van der Waals surface area (Å²) in [6.07, 6.45) is 4.36. The molecule has 0 unspecified atom stereocenters. The summed E-state index contributed by atoms with van der Waals surface area (Å²) in [7, 11) is -3.54. The molecule has 7 heteroatoms. The highest BCUT2D eigenvalue weighted by atomic mass is 32.2. The number of rotatable bonds is 3. The topological polar surface area (TPSA) is 81.2 Å². The first kappa shape index (κ1) is 16.2. The lowest BCUT2D eigenvalue weighted by molar-refractivity contribution is 0.247. The Kier molecular flexibility index (Phi) is 4.27. The van der Waals surface area contributed by atoms with E-state index in [1.165, 1.54) is 10.5 Å². The molecular formula is C16H22N4O2S. The van der Waals surface area contributed by atoms with Gasteiger partial charge in [0, 0.05) is 18.6 Å². The van der Waals surface area contributed by atoms with Crippen LogP contribution in [0.4, 0.5) is 0 Å². The fourth-order valence-electron chi connectivity index (χ4n) is 2.96. The van der Waals surface area contributed by atoms with Gasteiger partial charge >= 0.3 is 0 Å². The number of aromatic nitrogens is 2. The third-order valence-electron chi connectivity index (χ3n) is 4.32. The first-order chi connectivity index (χ1) is 10.9. The molecule has 1 fully saturated rings. The Balaban J connectivity index is 1.88. The largest absolute Gasteiger partial charge is 0.328 e. The molecule has 2 aromatic rings. The fraction of sp³-hybridized carbons (Fsp3) is 0.438. The monoisotopic (exact) mass is 334 g/mol. The van der Waals surface area contributed by atoms with Gasteiger partial charge in [0.1, 0.15) is 4.90 Å². The Bertz CT molecular complexity index is 783. The summed E-state index contributed by atoms with van der Waals surface area (Å²) in [6, 6.07) is 7.76. The van der Waals surface area contributed by atoms with E-state index in [4.69, 9.17) is 5.73 Å². The molecule has 0 radical (unpaired) electrons. The minimum Gasteiger partial charge on any atom is -0.328 e. The summed E-state index contributed by atoms with van der Waals surface area (Å²) >= 11 is 0. The van der Waals surface area contributed by atoms with Crippen molar-refractivity contribution < 1.29 is 8.42 Å². The summed E-state index contributed by atoms with van der Waals surface area (Å²) < 4.78 is 28.8. The van der Waals surface area contributed by atoms with Crippen molar-refractivity contribution in [3.63, 3.8) is 0 Å². The Morgan fingerprint density at radius 2 is 1.96 bits per heavy atom. The first-order valence-electron chi connectivity index (χ1n) is 7.77.